The van der Waals surface area contributed by atoms with Crippen LogP contribution in [0, 0.1) is 0 Å². The van der Waals surface area contributed by atoms with E-state index in [4.69, 9.17) is 0 Å². The largest absolute Gasteiger partial charge is 0.345 e. The third-order valence-electron chi connectivity index (χ3n) is 3.49. The van der Waals surface area contributed by atoms with Crippen LogP contribution in [0.1, 0.15) is 15.9 Å². The highest BCUT2D eigenvalue weighted by molar-refractivity contribution is 6.05. The van der Waals surface area contributed by atoms with Gasteiger partial charge in [0, 0.05) is 26.8 Å². The van der Waals surface area contributed by atoms with Gasteiger partial charge in [0.2, 0.25) is 0 Å². The molecule has 0 fully saturated rings. The van der Waals surface area contributed by atoms with Gasteiger partial charge < -0.3 is 14.5 Å². The Hall–Kier alpha value is -2.60. The van der Waals surface area contributed by atoms with E-state index in [1.807, 2.05) is 30.3 Å². The van der Waals surface area contributed by atoms with Crippen LogP contribution in [-0.2, 0) is 6.54 Å². The number of carbonyl (C=O) groups excluding carboxylic acids is 1. The summed E-state index contributed by atoms with van der Waals surface area (Å²) < 4.78 is 1.77. The Balaban J connectivity index is 0.00000192. The highest BCUT2D eigenvalue weighted by atomic mass is 35.5. The summed E-state index contributed by atoms with van der Waals surface area (Å²) in [5.41, 5.74) is 2.07. The van der Waals surface area contributed by atoms with Crippen LogP contribution < -0.4 is 5.56 Å². The fourth-order valence-corrected chi connectivity index (χ4v) is 2.44. The summed E-state index contributed by atoms with van der Waals surface area (Å²) in [7, 11) is 3.35. The molecule has 120 valence electrons. The van der Waals surface area contributed by atoms with Crippen molar-refractivity contribution >= 4 is 29.3 Å². The molecular formula is C16H17ClN4O2. The molecule has 0 saturated heterocycles. The van der Waals surface area contributed by atoms with Crippen LogP contribution in [0.5, 0.6) is 0 Å². The van der Waals surface area contributed by atoms with Gasteiger partial charge >= 0.3 is 0 Å². The molecule has 0 aliphatic heterocycles. The Labute approximate surface area is 139 Å². The van der Waals surface area contributed by atoms with Crippen molar-refractivity contribution in [2.75, 3.05) is 14.1 Å². The summed E-state index contributed by atoms with van der Waals surface area (Å²) >= 11 is 0. The standard InChI is InChI=1S/C16H16N4O2.ClH/c1-19(2)16(22)12-9-20(8-11-6-4-3-5-7-11)14-13(12)17-10-18-15(14)21;/h3-7,9-10H,8H2,1-2H3,(H,17,18,21);1H. The van der Waals surface area contributed by atoms with Gasteiger partial charge in [-0.15, -0.1) is 12.4 Å². The molecule has 23 heavy (non-hydrogen) atoms. The molecule has 0 saturated carbocycles. The lowest BCUT2D eigenvalue weighted by Gasteiger charge is -2.08. The lowest BCUT2D eigenvalue weighted by atomic mass is 10.2. The average molecular weight is 333 g/mol. The van der Waals surface area contributed by atoms with Gasteiger partial charge in [-0.05, 0) is 5.56 Å². The van der Waals surface area contributed by atoms with Crippen LogP contribution in [0.4, 0.5) is 0 Å². The first-order valence-electron chi connectivity index (χ1n) is 6.90. The van der Waals surface area contributed by atoms with Crippen LogP contribution in [0.25, 0.3) is 11.0 Å². The summed E-state index contributed by atoms with van der Waals surface area (Å²) in [4.78, 5) is 32.7. The summed E-state index contributed by atoms with van der Waals surface area (Å²) in [6.45, 7) is 0.507. The number of benzene rings is 1. The van der Waals surface area contributed by atoms with Crippen LogP contribution in [0.15, 0.2) is 47.7 Å². The first-order valence-corrected chi connectivity index (χ1v) is 6.90. The van der Waals surface area contributed by atoms with Crippen molar-refractivity contribution < 1.29 is 4.79 Å². The van der Waals surface area contributed by atoms with Gasteiger partial charge in [0.05, 0.1) is 11.9 Å². The van der Waals surface area contributed by atoms with Gasteiger partial charge in [-0.25, -0.2) is 4.98 Å². The molecule has 3 aromatic rings. The van der Waals surface area contributed by atoms with Crippen LogP contribution >= 0.6 is 12.4 Å². The van der Waals surface area contributed by atoms with Crippen molar-refractivity contribution in [3.8, 4) is 0 Å². The summed E-state index contributed by atoms with van der Waals surface area (Å²) in [6, 6.07) is 9.77. The van der Waals surface area contributed by atoms with E-state index in [0.717, 1.165) is 5.56 Å². The van der Waals surface area contributed by atoms with Crippen molar-refractivity contribution in [1.82, 2.24) is 19.4 Å². The number of aromatic amines is 1. The van der Waals surface area contributed by atoms with E-state index in [2.05, 4.69) is 9.97 Å². The molecule has 6 nitrogen and oxygen atoms in total. The monoisotopic (exact) mass is 332 g/mol. The van der Waals surface area contributed by atoms with E-state index in [0.29, 0.717) is 23.1 Å². The van der Waals surface area contributed by atoms with E-state index in [9.17, 15) is 9.59 Å². The maximum Gasteiger partial charge on any atom is 0.275 e. The van der Waals surface area contributed by atoms with Crippen molar-refractivity contribution in [3.05, 3.63) is 64.3 Å². The maximum atomic E-state index is 12.3. The molecule has 3 rings (SSSR count). The summed E-state index contributed by atoms with van der Waals surface area (Å²) in [5, 5.41) is 0. The minimum Gasteiger partial charge on any atom is -0.345 e. The number of halogens is 1. The molecule has 0 radical (unpaired) electrons. The SMILES string of the molecule is CN(C)C(=O)c1cn(Cc2ccccc2)c2c(=O)[nH]cnc12.Cl. The number of fused-ring (bicyclic) bond motifs is 1. The Bertz CT molecular complexity index is 884. The maximum absolute atomic E-state index is 12.3. The van der Waals surface area contributed by atoms with E-state index < -0.39 is 0 Å². The fraction of sp³-hybridized carbons (Fsp3) is 0.188. The third-order valence-corrected chi connectivity index (χ3v) is 3.49. The normalized spacial score (nSPS) is 10.3. The molecule has 0 atom stereocenters. The molecule has 1 aromatic carbocycles. The lowest BCUT2D eigenvalue weighted by Crippen LogP contribution is -2.21. The number of nitrogens with one attached hydrogen (secondary N) is 1. The molecule has 0 unspecified atom stereocenters. The van der Waals surface area contributed by atoms with Crippen LogP contribution in [0.3, 0.4) is 0 Å². The van der Waals surface area contributed by atoms with Crippen molar-refractivity contribution in [2.45, 2.75) is 6.54 Å². The zero-order valence-corrected chi connectivity index (χ0v) is 13.6. The smallest absolute Gasteiger partial charge is 0.275 e. The average Bonchev–Trinajstić information content (AvgIpc) is 2.87. The first-order chi connectivity index (χ1) is 10.6. The summed E-state index contributed by atoms with van der Waals surface area (Å²) in [5.74, 6) is -0.171. The van der Waals surface area contributed by atoms with Crippen LogP contribution in [-0.4, -0.2) is 39.4 Å². The molecule has 7 heteroatoms. The Morgan fingerprint density at radius 2 is 1.96 bits per heavy atom. The predicted octanol–water partition coefficient (Wildman–Crippen LogP) is 1.90. The molecule has 0 aliphatic carbocycles. The molecule has 0 aliphatic rings. The van der Waals surface area contributed by atoms with Crippen molar-refractivity contribution in [3.63, 3.8) is 0 Å². The number of hydrogen-bond donors (Lipinski definition) is 1. The minimum absolute atomic E-state index is 0. The number of hydrogen-bond acceptors (Lipinski definition) is 3. The molecule has 0 bridgehead atoms. The predicted molar refractivity (Wildman–Crippen MR) is 91.2 cm³/mol. The van der Waals surface area contributed by atoms with Gasteiger partial charge in [0.1, 0.15) is 11.0 Å². The highest BCUT2D eigenvalue weighted by Gasteiger charge is 2.19. The molecule has 0 spiro atoms. The molecule has 2 aromatic heterocycles. The van der Waals surface area contributed by atoms with E-state index in [-0.39, 0.29) is 23.9 Å². The number of amides is 1. The van der Waals surface area contributed by atoms with Gasteiger partial charge in [0.15, 0.2) is 0 Å². The molecule has 1 N–H and O–H groups in total. The van der Waals surface area contributed by atoms with E-state index >= 15 is 0 Å². The molecule has 2 heterocycles. The Morgan fingerprint density at radius 3 is 2.61 bits per heavy atom. The highest BCUT2D eigenvalue weighted by Crippen LogP contribution is 2.18. The van der Waals surface area contributed by atoms with Crippen LogP contribution in [0.2, 0.25) is 0 Å². The first kappa shape index (κ1) is 16.8. The zero-order valence-electron chi connectivity index (χ0n) is 12.8. The lowest BCUT2D eigenvalue weighted by molar-refractivity contribution is 0.0829. The quantitative estimate of drug-likeness (QED) is 0.796. The number of carbonyl (C=O) groups is 1. The number of nitrogens with zero attached hydrogens (tertiary/aromatic N) is 3. The van der Waals surface area contributed by atoms with Crippen molar-refractivity contribution in [2.24, 2.45) is 0 Å². The second-order valence-electron chi connectivity index (χ2n) is 5.28. The number of rotatable bonds is 3. The molecular weight excluding hydrogens is 316 g/mol. The second-order valence-corrected chi connectivity index (χ2v) is 5.28. The summed E-state index contributed by atoms with van der Waals surface area (Å²) in [6.07, 6.45) is 3.02. The number of H-pyrrole nitrogens is 1. The minimum atomic E-state index is -0.251. The van der Waals surface area contributed by atoms with Crippen molar-refractivity contribution in [1.29, 1.82) is 0 Å². The fourth-order valence-electron chi connectivity index (χ4n) is 2.44. The van der Waals surface area contributed by atoms with Gasteiger partial charge in [-0.3, -0.25) is 9.59 Å². The second kappa shape index (κ2) is 6.66. The Morgan fingerprint density at radius 1 is 1.26 bits per heavy atom. The molecule has 1 amide bonds. The van der Waals surface area contributed by atoms with Gasteiger partial charge in [-0.2, -0.15) is 0 Å². The third kappa shape index (κ3) is 3.12. The Kier molecular flexibility index (Phi) is 4.86. The van der Waals surface area contributed by atoms with Gasteiger partial charge in [-0.1, -0.05) is 30.3 Å². The number of aromatic nitrogens is 3. The van der Waals surface area contributed by atoms with E-state index in [1.54, 1.807) is 24.9 Å². The van der Waals surface area contributed by atoms with E-state index in [1.165, 1.54) is 11.2 Å². The van der Waals surface area contributed by atoms with Gasteiger partial charge in [0.25, 0.3) is 11.5 Å². The topological polar surface area (TPSA) is 71.0 Å². The zero-order chi connectivity index (χ0) is 15.7.